The summed E-state index contributed by atoms with van der Waals surface area (Å²) >= 11 is 5.88. The Morgan fingerprint density at radius 1 is 1.03 bits per heavy atom. The second-order valence-electron chi connectivity index (χ2n) is 7.03. The number of hydrogen-bond acceptors (Lipinski definition) is 5. The van der Waals surface area contributed by atoms with Crippen LogP contribution in [0.1, 0.15) is 12.5 Å². The maximum absolute atomic E-state index is 12.1. The van der Waals surface area contributed by atoms with E-state index in [1.807, 2.05) is 42.5 Å². The maximum Gasteiger partial charge on any atom is 0.336 e. The molecule has 0 saturated carbocycles. The van der Waals surface area contributed by atoms with Crippen molar-refractivity contribution < 1.29 is 13.9 Å². The molecule has 160 valence electrons. The average Bonchev–Trinajstić information content (AvgIpc) is 2.81. The zero-order valence-corrected chi connectivity index (χ0v) is 17.9. The van der Waals surface area contributed by atoms with E-state index in [9.17, 15) is 9.59 Å². The number of carbonyl (C=O) groups excluding carboxylic acids is 1. The van der Waals surface area contributed by atoms with E-state index in [1.54, 1.807) is 37.3 Å². The highest BCUT2D eigenvalue weighted by Crippen LogP contribution is 2.29. The van der Waals surface area contributed by atoms with Gasteiger partial charge in [-0.15, -0.1) is 0 Å². The highest BCUT2D eigenvalue weighted by Gasteiger charge is 2.10. The van der Waals surface area contributed by atoms with E-state index in [-0.39, 0.29) is 6.61 Å². The van der Waals surface area contributed by atoms with Gasteiger partial charge >= 0.3 is 5.63 Å². The van der Waals surface area contributed by atoms with Crippen LogP contribution in [0, 0.1) is 0 Å². The van der Waals surface area contributed by atoms with Crippen LogP contribution in [0.3, 0.4) is 0 Å². The molecule has 0 aliphatic heterocycles. The van der Waals surface area contributed by atoms with Gasteiger partial charge < -0.3 is 9.15 Å². The number of ether oxygens (including phenoxy) is 1. The van der Waals surface area contributed by atoms with Crippen LogP contribution in [0.5, 0.6) is 5.75 Å². The van der Waals surface area contributed by atoms with Crippen LogP contribution in [-0.4, -0.2) is 18.2 Å². The summed E-state index contributed by atoms with van der Waals surface area (Å²) in [6, 6.07) is 23.3. The fourth-order valence-corrected chi connectivity index (χ4v) is 3.30. The minimum Gasteiger partial charge on any atom is -0.484 e. The second kappa shape index (κ2) is 9.49. The van der Waals surface area contributed by atoms with Crippen molar-refractivity contribution in [2.45, 2.75) is 6.92 Å². The van der Waals surface area contributed by atoms with Gasteiger partial charge in [0.25, 0.3) is 5.91 Å². The number of hydrogen-bond donors (Lipinski definition) is 1. The van der Waals surface area contributed by atoms with E-state index in [4.69, 9.17) is 20.8 Å². The van der Waals surface area contributed by atoms with E-state index < -0.39 is 11.5 Å². The Labute approximate surface area is 189 Å². The Morgan fingerprint density at radius 2 is 1.78 bits per heavy atom. The molecule has 0 spiro atoms. The molecule has 4 aromatic rings. The monoisotopic (exact) mass is 446 g/mol. The highest BCUT2D eigenvalue weighted by atomic mass is 35.5. The summed E-state index contributed by atoms with van der Waals surface area (Å²) in [6.45, 7) is 1.53. The summed E-state index contributed by atoms with van der Waals surface area (Å²) in [5, 5.41) is 5.48. The second-order valence-corrected chi connectivity index (χ2v) is 7.47. The van der Waals surface area contributed by atoms with Crippen molar-refractivity contribution in [3.63, 3.8) is 0 Å². The van der Waals surface area contributed by atoms with E-state index in [0.29, 0.717) is 22.1 Å². The third-order valence-corrected chi connectivity index (χ3v) is 5.03. The Kier molecular flexibility index (Phi) is 6.33. The molecule has 0 saturated heterocycles. The van der Waals surface area contributed by atoms with Crippen LogP contribution in [0.4, 0.5) is 0 Å². The summed E-state index contributed by atoms with van der Waals surface area (Å²) in [7, 11) is 0. The molecule has 1 aromatic heterocycles. The lowest BCUT2D eigenvalue weighted by Gasteiger charge is -2.09. The molecule has 1 heterocycles. The van der Waals surface area contributed by atoms with Gasteiger partial charge in [-0.05, 0) is 47.9 Å². The first kappa shape index (κ1) is 21.3. The summed E-state index contributed by atoms with van der Waals surface area (Å²) < 4.78 is 10.9. The smallest absolute Gasteiger partial charge is 0.336 e. The number of nitrogens with one attached hydrogen (secondary N) is 1. The lowest BCUT2D eigenvalue weighted by atomic mass is 10.0. The van der Waals surface area contributed by atoms with Gasteiger partial charge in [0.1, 0.15) is 11.3 Å². The van der Waals surface area contributed by atoms with Crippen molar-refractivity contribution in [1.29, 1.82) is 0 Å². The lowest BCUT2D eigenvalue weighted by Crippen LogP contribution is -2.25. The highest BCUT2D eigenvalue weighted by molar-refractivity contribution is 6.30. The molecule has 1 N–H and O–H groups in total. The minimum atomic E-state index is -0.460. The molecule has 0 aliphatic rings. The van der Waals surface area contributed by atoms with Gasteiger partial charge in [0.05, 0.1) is 5.71 Å². The molecule has 4 rings (SSSR count). The van der Waals surface area contributed by atoms with Crippen LogP contribution in [0.15, 0.2) is 93.2 Å². The average molecular weight is 447 g/mol. The van der Waals surface area contributed by atoms with Gasteiger partial charge in [0.15, 0.2) is 6.61 Å². The molecular formula is C25H19ClN2O4. The lowest BCUT2D eigenvalue weighted by molar-refractivity contribution is -0.123. The normalized spacial score (nSPS) is 11.4. The van der Waals surface area contributed by atoms with Crippen molar-refractivity contribution in [2.75, 3.05) is 6.61 Å². The molecular weight excluding hydrogens is 428 g/mol. The van der Waals surface area contributed by atoms with Crippen LogP contribution in [-0.2, 0) is 4.79 Å². The van der Waals surface area contributed by atoms with Gasteiger partial charge in [-0.2, -0.15) is 5.10 Å². The first-order chi connectivity index (χ1) is 15.5. The third kappa shape index (κ3) is 5.04. The maximum atomic E-state index is 12.1. The molecule has 0 bridgehead atoms. The van der Waals surface area contributed by atoms with Crippen molar-refractivity contribution in [1.82, 2.24) is 5.43 Å². The van der Waals surface area contributed by atoms with Gasteiger partial charge in [0.2, 0.25) is 0 Å². The molecule has 0 fully saturated rings. The van der Waals surface area contributed by atoms with E-state index in [1.165, 1.54) is 6.07 Å². The summed E-state index contributed by atoms with van der Waals surface area (Å²) in [4.78, 5) is 24.2. The molecule has 0 radical (unpaired) electrons. The van der Waals surface area contributed by atoms with E-state index in [2.05, 4.69) is 10.5 Å². The van der Waals surface area contributed by atoms with Crippen LogP contribution in [0.25, 0.3) is 22.1 Å². The van der Waals surface area contributed by atoms with Gasteiger partial charge in [-0.3, -0.25) is 4.79 Å². The summed E-state index contributed by atoms with van der Waals surface area (Å²) in [5.41, 5.74) is 5.54. The third-order valence-electron chi connectivity index (χ3n) is 4.78. The minimum absolute atomic E-state index is 0.245. The number of hydrazone groups is 1. The van der Waals surface area contributed by atoms with Crippen molar-refractivity contribution in [2.24, 2.45) is 5.10 Å². The van der Waals surface area contributed by atoms with Gasteiger partial charge in [-0.25, -0.2) is 10.2 Å². The molecule has 6 nitrogen and oxygen atoms in total. The molecule has 1 amide bonds. The Bertz CT molecular complexity index is 1350. The summed E-state index contributed by atoms with van der Waals surface area (Å²) in [5.74, 6) is -0.0164. The molecule has 3 aromatic carbocycles. The molecule has 0 unspecified atom stereocenters. The fourth-order valence-electron chi connectivity index (χ4n) is 3.17. The number of nitrogens with zero attached hydrogens (tertiary/aromatic N) is 1. The predicted molar refractivity (Wildman–Crippen MR) is 125 cm³/mol. The van der Waals surface area contributed by atoms with E-state index >= 15 is 0 Å². The number of benzene rings is 3. The molecule has 0 aliphatic carbocycles. The Balaban J connectivity index is 1.45. The first-order valence-corrected chi connectivity index (χ1v) is 10.2. The van der Waals surface area contributed by atoms with Crippen LogP contribution >= 0.6 is 11.6 Å². The van der Waals surface area contributed by atoms with Crippen LogP contribution in [0.2, 0.25) is 5.02 Å². The number of rotatable bonds is 6. The molecule has 0 atom stereocenters. The van der Waals surface area contributed by atoms with E-state index in [0.717, 1.165) is 22.1 Å². The van der Waals surface area contributed by atoms with Crippen molar-refractivity contribution in [3.05, 3.63) is 99.9 Å². The number of halogens is 1. The number of amides is 1. The predicted octanol–water partition coefficient (Wildman–Crippen LogP) is 5.03. The Hall–Kier alpha value is -3.90. The van der Waals surface area contributed by atoms with Gasteiger partial charge in [0, 0.05) is 22.5 Å². The quantitative estimate of drug-likeness (QED) is 0.256. The number of fused-ring (bicyclic) bond motifs is 1. The zero-order valence-electron chi connectivity index (χ0n) is 17.2. The Morgan fingerprint density at radius 3 is 2.53 bits per heavy atom. The standard InChI is InChI=1S/C25H19ClN2O4/c1-16(17-7-9-19(26)10-8-17)27-28-24(29)15-31-20-11-12-21-22(18-5-3-2-4-6-18)14-25(30)32-23(21)13-20/h2-14H,15H2,1H3,(H,28,29)/b27-16+. The molecule has 7 heteroatoms. The largest absolute Gasteiger partial charge is 0.484 e. The first-order valence-electron chi connectivity index (χ1n) is 9.85. The van der Waals surface area contributed by atoms with Gasteiger partial charge in [-0.1, -0.05) is 54.1 Å². The topological polar surface area (TPSA) is 80.9 Å². The zero-order chi connectivity index (χ0) is 22.5. The fraction of sp³-hybridized carbons (Fsp3) is 0.0800. The number of carbonyl (C=O) groups is 1. The van der Waals surface area contributed by atoms with Crippen molar-refractivity contribution >= 4 is 34.2 Å². The molecule has 32 heavy (non-hydrogen) atoms. The van der Waals surface area contributed by atoms with Crippen LogP contribution < -0.4 is 15.8 Å². The van der Waals surface area contributed by atoms with Crippen molar-refractivity contribution in [3.8, 4) is 16.9 Å². The SMILES string of the molecule is C/C(=N\NC(=O)COc1ccc2c(-c3ccccc3)cc(=O)oc2c1)c1ccc(Cl)cc1. The summed E-state index contributed by atoms with van der Waals surface area (Å²) in [6.07, 6.45) is 0.